The Morgan fingerprint density at radius 1 is 1.38 bits per heavy atom. The van der Waals surface area contributed by atoms with E-state index in [1.165, 1.54) is 25.9 Å². The Morgan fingerprint density at radius 2 is 2.06 bits per heavy atom. The number of hydrogen-bond acceptors (Lipinski definition) is 4. The summed E-state index contributed by atoms with van der Waals surface area (Å²) in [6, 6.07) is 0.892. The summed E-state index contributed by atoms with van der Waals surface area (Å²) in [4.78, 5) is 2.38. The summed E-state index contributed by atoms with van der Waals surface area (Å²) >= 11 is 0. The molecule has 16 heavy (non-hydrogen) atoms. The molecule has 1 fully saturated rings. The van der Waals surface area contributed by atoms with Crippen LogP contribution in [0.25, 0.3) is 0 Å². The molecule has 1 aromatic rings. The zero-order valence-corrected chi connectivity index (χ0v) is 10.3. The molecule has 5 heteroatoms. The van der Waals surface area contributed by atoms with Crippen molar-refractivity contribution < 1.29 is 0 Å². The Hall–Kier alpha value is -0.940. The van der Waals surface area contributed by atoms with Gasteiger partial charge in [0.2, 0.25) is 0 Å². The van der Waals surface area contributed by atoms with Crippen molar-refractivity contribution in [1.82, 2.24) is 25.0 Å². The van der Waals surface area contributed by atoms with Crippen LogP contribution in [0.15, 0.2) is 6.33 Å². The fraction of sp³-hybridized carbons (Fsp3) is 0.818. The molecule has 0 amide bonds. The number of piperidine rings is 1. The van der Waals surface area contributed by atoms with Gasteiger partial charge in [-0.2, -0.15) is 0 Å². The van der Waals surface area contributed by atoms with Gasteiger partial charge in [0.05, 0.1) is 6.04 Å². The Labute approximate surface area is 96.8 Å². The molecule has 0 aromatic carbocycles. The molecule has 1 aromatic heterocycles. The molecule has 2 rings (SSSR count). The molecule has 0 bridgehead atoms. The smallest absolute Gasteiger partial charge is 0.149 e. The molecule has 0 aliphatic carbocycles. The van der Waals surface area contributed by atoms with Crippen molar-refractivity contribution >= 4 is 0 Å². The van der Waals surface area contributed by atoms with Crippen molar-refractivity contribution in [3.05, 3.63) is 12.2 Å². The zero-order chi connectivity index (χ0) is 11.5. The van der Waals surface area contributed by atoms with E-state index in [2.05, 4.69) is 34.4 Å². The van der Waals surface area contributed by atoms with E-state index in [1.807, 2.05) is 11.6 Å². The Bertz CT molecular complexity index is 327. The standard InChI is InChI=1S/C11H21N5/c1-9(11-14-12-8-16(11)3)13-10-4-6-15(2)7-5-10/h8-10,13H,4-7H2,1-3H3. The van der Waals surface area contributed by atoms with Gasteiger partial charge in [-0.25, -0.2) is 0 Å². The molecule has 90 valence electrons. The van der Waals surface area contributed by atoms with Crippen LogP contribution in [0.4, 0.5) is 0 Å². The lowest BCUT2D eigenvalue weighted by atomic mass is 10.0. The van der Waals surface area contributed by atoms with Crippen molar-refractivity contribution in [2.24, 2.45) is 7.05 Å². The minimum absolute atomic E-state index is 0.279. The number of nitrogens with zero attached hydrogens (tertiary/aromatic N) is 4. The van der Waals surface area contributed by atoms with E-state index in [0.29, 0.717) is 6.04 Å². The van der Waals surface area contributed by atoms with Crippen LogP contribution in [0, 0.1) is 0 Å². The quantitative estimate of drug-likeness (QED) is 0.813. The maximum Gasteiger partial charge on any atom is 0.149 e. The van der Waals surface area contributed by atoms with Crippen LogP contribution in [-0.4, -0.2) is 45.8 Å². The van der Waals surface area contributed by atoms with E-state index in [-0.39, 0.29) is 6.04 Å². The highest BCUT2D eigenvalue weighted by Crippen LogP contribution is 2.14. The van der Waals surface area contributed by atoms with Gasteiger partial charge in [0.25, 0.3) is 0 Å². The Balaban J connectivity index is 1.88. The van der Waals surface area contributed by atoms with Crippen LogP contribution in [-0.2, 0) is 7.05 Å². The summed E-state index contributed by atoms with van der Waals surface area (Å²) in [7, 11) is 4.17. The Kier molecular flexibility index (Phi) is 3.56. The normalized spacial score (nSPS) is 21.2. The average molecular weight is 223 g/mol. The van der Waals surface area contributed by atoms with Gasteiger partial charge in [0, 0.05) is 13.1 Å². The monoisotopic (exact) mass is 223 g/mol. The van der Waals surface area contributed by atoms with Gasteiger partial charge < -0.3 is 14.8 Å². The summed E-state index contributed by atoms with van der Waals surface area (Å²) in [5, 5.41) is 11.7. The van der Waals surface area contributed by atoms with Gasteiger partial charge in [-0.15, -0.1) is 10.2 Å². The number of rotatable bonds is 3. The van der Waals surface area contributed by atoms with Gasteiger partial charge in [-0.05, 0) is 39.9 Å². The molecule has 1 atom stereocenters. The van der Waals surface area contributed by atoms with E-state index in [9.17, 15) is 0 Å². The average Bonchev–Trinajstić information content (AvgIpc) is 2.68. The highest BCUT2D eigenvalue weighted by Gasteiger charge is 2.20. The topological polar surface area (TPSA) is 46.0 Å². The number of likely N-dealkylation sites (tertiary alicyclic amines) is 1. The number of aryl methyl sites for hydroxylation is 1. The number of aromatic nitrogens is 3. The predicted octanol–water partition coefficient (Wildman–Crippen LogP) is 0.560. The number of hydrogen-bond donors (Lipinski definition) is 1. The van der Waals surface area contributed by atoms with E-state index in [4.69, 9.17) is 0 Å². The summed E-state index contributed by atoms with van der Waals surface area (Å²) in [5.41, 5.74) is 0. The second kappa shape index (κ2) is 4.93. The van der Waals surface area contributed by atoms with E-state index >= 15 is 0 Å². The maximum absolute atomic E-state index is 4.14. The summed E-state index contributed by atoms with van der Waals surface area (Å²) < 4.78 is 1.98. The second-order valence-corrected chi connectivity index (χ2v) is 4.77. The third-order valence-corrected chi connectivity index (χ3v) is 3.34. The lowest BCUT2D eigenvalue weighted by Crippen LogP contribution is -2.42. The molecule has 0 saturated carbocycles. The molecule has 2 heterocycles. The van der Waals surface area contributed by atoms with E-state index in [1.54, 1.807) is 6.33 Å². The first kappa shape index (κ1) is 11.5. The van der Waals surface area contributed by atoms with Crippen molar-refractivity contribution in [3.8, 4) is 0 Å². The van der Waals surface area contributed by atoms with Gasteiger partial charge in [0.1, 0.15) is 12.2 Å². The van der Waals surface area contributed by atoms with Gasteiger partial charge in [-0.1, -0.05) is 0 Å². The maximum atomic E-state index is 4.14. The fourth-order valence-corrected chi connectivity index (χ4v) is 2.29. The van der Waals surface area contributed by atoms with E-state index < -0.39 is 0 Å². The highest BCUT2D eigenvalue weighted by atomic mass is 15.3. The lowest BCUT2D eigenvalue weighted by Gasteiger charge is -2.31. The second-order valence-electron chi connectivity index (χ2n) is 4.77. The van der Waals surface area contributed by atoms with Crippen LogP contribution >= 0.6 is 0 Å². The molecule has 5 nitrogen and oxygen atoms in total. The summed E-state index contributed by atoms with van der Waals surface area (Å²) in [5.74, 6) is 1.01. The minimum Gasteiger partial charge on any atom is -0.319 e. The van der Waals surface area contributed by atoms with Crippen LogP contribution in [0.5, 0.6) is 0 Å². The third-order valence-electron chi connectivity index (χ3n) is 3.34. The fourth-order valence-electron chi connectivity index (χ4n) is 2.29. The van der Waals surface area contributed by atoms with Gasteiger partial charge in [-0.3, -0.25) is 0 Å². The van der Waals surface area contributed by atoms with Crippen LogP contribution in [0.3, 0.4) is 0 Å². The molecule has 1 unspecified atom stereocenters. The highest BCUT2D eigenvalue weighted by molar-refractivity contribution is 4.93. The largest absolute Gasteiger partial charge is 0.319 e. The van der Waals surface area contributed by atoms with Crippen LogP contribution in [0.1, 0.15) is 31.6 Å². The van der Waals surface area contributed by atoms with Crippen molar-refractivity contribution in [3.63, 3.8) is 0 Å². The Morgan fingerprint density at radius 3 is 2.62 bits per heavy atom. The summed E-state index contributed by atoms with van der Waals surface area (Å²) in [6.45, 7) is 4.52. The zero-order valence-electron chi connectivity index (χ0n) is 10.3. The minimum atomic E-state index is 0.279. The van der Waals surface area contributed by atoms with Crippen molar-refractivity contribution in [1.29, 1.82) is 0 Å². The van der Waals surface area contributed by atoms with Crippen molar-refractivity contribution in [2.45, 2.75) is 31.8 Å². The molecular formula is C11H21N5. The first-order valence-corrected chi connectivity index (χ1v) is 5.95. The van der Waals surface area contributed by atoms with Gasteiger partial charge in [0.15, 0.2) is 0 Å². The van der Waals surface area contributed by atoms with E-state index in [0.717, 1.165) is 5.82 Å². The molecule has 1 saturated heterocycles. The SMILES string of the molecule is CC(NC1CCN(C)CC1)c1nncn1C. The first-order valence-electron chi connectivity index (χ1n) is 5.95. The van der Waals surface area contributed by atoms with Gasteiger partial charge >= 0.3 is 0 Å². The predicted molar refractivity (Wildman–Crippen MR) is 63.1 cm³/mol. The molecule has 1 aliphatic heterocycles. The number of nitrogens with one attached hydrogen (secondary N) is 1. The third kappa shape index (κ3) is 2.59. The summed E-state index contributed by atoms with van der Waals surface area (Å²) in [6.07, 6.45) is 4.19. The molecule has 1 aliphatic rings. The van der Waals surface area contributed by atoms with Crippen molar-refractivity contribution in [2.75, 3.05) is 20.1 Å². The molecule has 0 spiro atoms. The molecule has 1 N–H and O–H groups in total. The van der Waals surface area contributed by atoms with Crippen LogP contribution < -0.4 is 5.32 Å². The van der Waals surface area contributed by atoms with Crippen LogP contribution in [0.2, 0.25) is 0 Å². The first-order chi connectivity index (χ1) is 7.66. The molecule has 0 radical (unpaired) electrons. The molecular weight excluding hydrogens is 202 g/mol. The lowest BCUT2D eigenvalue weighted by molar-refractivity contribution is 0.225.